The van der Waals surface area contributed by atoms with E-state index in [1.165, 1.54) is 0 Å². The zero-order valence-corrected chi connectivity index (χ0v) is 12.5. The first-order chi connectivity index (χ1) is 10.1. The molecule has 0 aliphatic rings. The van der Waals surface area contributed by atoms with E-state index in [1.54, 1.807) is 18.3 Å². The predicted molar refractivity (Wildman–Crippen MR) is 83.3 cm³/mol. The lowest BCUT2D eigenvalue weighted by molar-refractivity contribution is 0.0378. The number of benzene rings is 1. The zero-order valence-electron chi connectivity index (χ0n) is 12.5. The van der Waals surface area contributed by atoms with Crippen LogP contribution in [-0.4, -0.2) is 17.1 Å². The number of rotatable bonds is 5. The van der Waals surface area contributed by atoms with Crippen molar-refractivity contribution in [2.45, 2.75) is 32.9 Å². The standard InChI is InChI=1S/C17H20N2O2/c1-12(2)21-17(20)14-7-9-15(10-8-14)19-13(3)16-6-4-5-11-18-16/h4-13,19H,1-3H3. The highest BCUT2D eigenvalue weighted by Crippen LogP contribution is 2.18. The van der Waals surface area contributed by atoms with Crippen LogP contribution in [0.4, 0.5) is 5.69 Å². The molecule has 1 N–H and O–H groups in total. The molecule has 1 aromatic heterocycles. The van der Waals surface area contributed by atoms with E-state index in [9.17, 15) is 4.79 Å². The molecule has 1 aromatic carbocycles. The maximum atomic E-state index is 11.8. The second-order valence-corrected chi connectivity index (χ2v) is 5.15. The Bertz CT molecular complexity index is 579. The second kappa shape index (κ2) is 6.88. The largest absolute Gasteiger partial charge is 0.459 e. The van der Waals surface area contributed by atoms with Crippen LogP contribution in [-0.2, 0) is 4.74 Å². The van der Waals surface area contributed by atoms with Crippen LogP contribution < -0.4 is 5.32 Å². The number of hydrogen-bond acceptors (Lipinski definition) is 4. The zero-order chi connectivity index (χ0) is 15.2. The molecular weight excluding hydrogens is 264 g/mol. The number of nitrogens with one attached hydrogen (secondary N) is 1. The molecule has 1 atom stereocenters. The predicted octanol–water partition coefficient (Wildman–Crippen LogP) is 3.82. The SMILES string of the molecule is CC(C)OC(=O)c1ccc(NC(C)c2ccccn2)cc1. The van der Waals surface area contributed by atoms with Crippen LogP contribution in [0.3, 0.4) is 0 Å². The fourth-order valence-electron chi connectivity index (χ4n) is 1.94. The van der Waals surface area contributed by atoms with E-state index >= 15 is 0 Å². The number of carbonyl (C=O) groups excluding carboxylic acids is 1. The minimum Gasteiger partial charge on any atom is -0.459 e. The summed E-state index contributed by atoms with van der Waals surface area (Å²) in [6.07, 6.45) is 1.66. The minimum absolute atomic E-state index is 0.0969. The summed E-state index contributed by atoms with van der Waals surface area (Å²) in [5.41, 5.74) is 2.47. The maximum absolute atomic E-state index is 11.8. The number of nitrogens with zero attached hydrogens (tertiary/aromatic N) is 1. The quantitative estimate of drug-likeness (QED) is 0.848. The molecule has 21 heavy (non-hydrogen) atoms. The second-order valence-electron chi connectivity index (χ2n) is 5.15. The van der Waals surface area contributed by atoms with E-state index in [1.807, 2.05) is 51.1 Å². The molecule has 0 fully saturated rings. The summed E-state index contributed by atoms with van der Waals surface area (Å²) < 4.78 is 5.16. The normalized spacial score (nSPS) is 12.0. The van der Waals surface area contributed by atoms with Gasteiger partial charge in [-0.05, 0) is 57.2 Å². The van der Waals surface area contributed by atoms with Gasteiger partial charge in [0.05, 0.1) is 23.4 Å². The van der Waals surface area contributed by atoms with Crippen LogP contribution in [0.1, 0.15) is 42.9 Å². The van der Waals surface area contributed by atoms with Gasteiger partial charge in [0, 0.05) is 11.9 Å². The van der Waals surface area contributed by atoms with Crippen LogP contribution in [0.2, 0.25) is 0 Å². The molecule has 0 aliphatic heterocycles. The Morgan fingerprint density at radius 3 is 2.38 bits per heavy atom. The Labute approximate surface area is 125 Å². The van der Waals surface area contributed by atoms with Crippen molar-refractivity contribution >= 4 is 11.7 Å². The van der Waals surface area contributed by atoms with Crippen LogP contribution in [0.15, 0.2) is 48.7 Å². The molecule has 1 unspecified atom stereocenters. The first-order valence-electron chi connectivity index (χ1n) is 7.05. The number of anilines is 1. The summed E-state index contributed by atoms with van der Waals surface area (Å²) >= 11 is 0. The topological polar surface area (TPSA) is 51.2 Å². The summed E-state index contributed by atoms with van der Waals surface area (Å²) in [7, 11) is 0. The van der Waals surface area contributed by atoms with Gasteiger partial charge in [0.2, 0.25) is 0 Å². The van der Waals surface area contributed by atoms with Gasteiger partial charge in [-0.1, -0.05) is 6.07 Å². The molecule has 0 saturated carbocycles. The number of carbonyl (C=O) groups is 1. The molecule has 110 valence electrons. The lowest BCUT2D eigenvalue weighted by Gasteiger charge is -2.15. The molecule has 0 aliphatic carbocycles. The van der Waals surface area contributed by atoms with Crippen molar-refractivity contribution in [3.63, 3.8) is 0 Å². The third-order valence-electron chi connectivity index (χ3n) is 2.98. The van der Waals surface area contributed by atoms with Gasteiger partial charge in [0.15, 0.2) is 0 Å². The van der Waals surface area contributed by atoms with Crippen LogP contribution in [0.5, 0.6) is 0 Å². The van der Waals surface area contributed by atoms with Crippen LogP contribution >= 0.6 is 0 Å². The van der Waals surface area contributed by atoms with Gasteiger partial charge in [-0.15, -0.1) is 0 Å². The highest BCUT2D eigenvalue weighted by atomic mass is 16.5. The van der Waals surface area contributed by atoms with E-state index in [0.29, 0.717) is 5.56 Å². The van der Waals surface area contributed by atoms with Gasteiger partial charge in [0.1, 0.15) is 0 Å². The first kappa shape index (κ1) is 15.0. The Balaban J connectivity index is 2.01. The van der Waals surface area contributed by atoms with Crippen LogP contribution in [0, 0.1) is 0 Å². The van der Waals surface area contributed by atoms with Gasteiger partial charge in [-0.3, -0.25) is 4.98 Å². The summed E-state index contributed by atoms with van der Waals surface area (Å²) in [5.74, 6) is -0.297. The lowest BCUT2D eigenvalue weighted by Crippen LogP contribution is -2.12. The summed E-state index contributed by atoms with van der Waals surface area (Å²) in [6, 6.07) is 13.2. The minimum atomic E-state index is -0.297. The van der Waals surface area contributed by atoms with Gasteiger partial charge in [-0.2, -0.15) is 0 Å². The molecule has 1 heterocycles. The summed E-state index contributed by atoms with van der Waals surface area (Å²) in [5, 5.41) is 3.35. The van der Waals surface area contributed by atoms with Gasteiger partial charge >= 0.3 is 5.97 Å². The van der Waals surface area contributed by atoms with E-state index in [2.05, 4.69) is 10.3 Å². The fourth-order valence-corrected chi connectivity index (χ4v) is 1.94. The third-order valence-corrected chi connectivity index (χ3v) is 2.98. The molecule has 2 rings (SSSR count). The van der Waals surface area contributed by atoms with Gasteiger partial charge in [-0.25, -0.2) is 4.79 Å². The molecule has 2 aromatic rings. The van der Waals surface area contributed by atoms with Crippen molar-refractivity contribution in [2.75, 3.05) is 5.32 Å². The highest BCUT2D eigenvalue weighted by molar-refractivity contribution is 5.89. The molecule has 4 nitrogen and oxygen atoms in total. The molecule has 4 heteroatoms. The average molecular weight is 284 g/mol. The Morgan fingerprint density at radius 1 is 1.10 bits per heavy atom. The molecule has 0 amide bonds. The van der Waals surface area contributed by atoms with Crippen molar-refractivity contribution < 1.29 is 9.53 Å². The van der Waals surface area contributed by atoms with Crippen molar-refractivity contribution in [3.8, 4) is 0 Å². The van der Waals surface area contributed by atoms with E-state index < -0.39 is 0 Å². The van der Waals surface area contributed by atoms with E-state index in [-0.39, 0.29) is 18.1 Å². The monoisotopic (exact) mass is 284 g/mol. The van der Waals surface area contributed by atoms with E-state index in [0.717, 1.165) is 11.4 Å². The Morgan fingerprint density at radius 2 is 1.81 bits per heavy atom. The Kier molecular flexibility index (Phi) is 4.93. The van der Waals surface area contributed by atoms with Crippen molar-refractivity contribution in [2.24, 2.45) is 0 Å². The van der Waals surface area contributed by atoms with Crippen LogP contribution in [0.25, 0.3) is 0 Å². The number of ether oxygens (including phenoxy) is 1. The van der Waals surface area contributed by atoms with Crippen molar-refractivity contribution in [1.82, 2.24) is 4.98 Å². The molecular formula is C17H20N2O2. The van der Waals surface area contributed by atoms with E-state index in [4.69, 9.17) is 4.74 Å². The van der Waals surface area contributed by atoms with Gasteiger partial charge < -0.3 is 10.1 Å². The maximum Gasteiger partial charge on any atom is 0.338 e. The third kappa shape index (κ3) is 4.31. The molecule has 0 radical (unpaired) electrons. The molecule has 0 bridgehead atoms. The molecule has 0 spiro atoms. The summed E-state index contributed by atoms with van der Waals surface area (Å²) in [4.78, 5) is 16.1. The fraction of sp³-hybridized carbons (Fsp3) is 0.294. The first-order valence-corrected chi connectivity index (χ1v) is 7.05. The number of hydrogen-bond donors (Lipinski definition) is 1. The Hall–Kier alpha value is -2.36. The molecule has 0 saturated heterocycles. The summed E-state index contributed by atoms with van der Waals surface area (Å²) in [6.45, 7) is 5.72. The smallest absolute Gasteiger partial charge is 0.338 e. The highest BCUT2D eigenvalue weighted by Gasteiger charge is 2.10. The lowest BCUT2D eigenvalue weighted by atomic mass is 10.1. The van der Waals surface area contributed by atoms with Gasteiger partial charge in [0.25, 0.3) is 0 Å². The number of pyridine rings is 1. The van der Waals surface area contributed by atoms with Crippen molar-refractivity contribution in [1.29, 1.82) is 0 Å². The number of esters is 1. The average Bonchev–Trinajstić information content (AvgIpc) is 2.48. The number of aromatic nitrogens is 1. The van der Waals surface area contributed by atoms with Crippen molar-refractivity contribution in [3.05, 3.63) is 59.9 Å².